The fraction of sp³-hybridized carbons (Fsp3) is 0.122. The minimum atomic E-state index is 1.00. The van der Waals surface area contributed by atoms with Crippen LogP contribution >= 0.6 is 0 Å². The quantitative estimate of drug-likeness (QED) is 0.180. The Bertz CT molecular complexity index is 1770. The smallest absolute Gasteiger partial charge is 0.0534 e. The normalized spacial score (nSPS) is 12.9. The number of benzene rings is 5. The van der Waals surface area contributed by atoms with E-state index in [0.29, 0.717) is 0 Å². The zero-order valence-electron chi connectivity index (χ0n) is 25.5. The molecule has 1 aliphatic heterocycles. The van der Waals surface area contributed by atoms with E-state index < -0.39 is 0 Å². The number of nitrogens with zero attached hydrogens (tertiary/aromatic N) is 2. The molecule has 0 saturated carbocycles. The Hall–Kier alpha value is -5.08. The molecule has 0 amide bonds. The molecule has 2 nitrogen and oxygen atoms in total. The first-order valence-corrected chi connectivity index (χ1v) is 15.1. The predicted molar refractivity (Wildman–Crippen MR) is 187 cm³/mol. The van der Waals surface area contributed by atoms with E-state index in [1.807, 2.05) is 0 Å². The van der Waals surface area contributed by atoms with E-state index in [0.717, 1.165) is 17.8 Å². The first-order valence-electron chi connectivity index (χ1n) is 15.1. The third-order valence-electron chi connectivity index (χ3n) is 8.17. The van der Waals surface area contributed by atoms with Crippen molar-refractivity contribution < 1.29 is 0 Å². The maximum Gasteiger partial charge on any atom is 0.0534 e. The van der Waals surface area contributed by atoms with Gasteiger partial charge in [0.1, 0.15) is 0 Å². The van der Waals surface area contributed by atoms with Crippen LogP contribution in [0.4, 0.5) is 28.4 Å². The third kappa shape index (κ3) is 5.57. The van der Waals surface area contributed by atoms with Crippen LogP contribution in [0.2, 0.25) is 0 Å². The Morgan fingerprint density at radius 2 is 1.21 bits per heavy atom. The number of aryl methyl sites for hydroxylation is 1. The van der Waals surface area contributed by atoms with Crippen LogP contribution in [0.3, 0.4) is 0 Å². The van der Waals surface area contributed by atoms with Gasteiger partial charge in [-0.15, -0.1) is 0 Å². The minimum Gasteiger partial charge on any atom is -0.310 e. The minimum absolute atomic E-state index is 1.00. The summed E-state index contributed by atoms with van der Waals surface area (Å²) in [4.78, 5) is 4.74. The maximum atomic E-state index is 2.38. The second-order valence-corrected chi connectivity index (χ2v) is 11.0. The van der Waals surface area contributed by atoms with Gasteiger partial charge in [-0.25, -0.2) is 0 Å². The van der Waals surface area contributed by atoms with Gasteiger partial charge in [-0.3, -0.25) is 0 Å². The van der Waals surface area contributed by atoms with Crippen LogP contribution in [-0.2, 0) is 0 Å². The monoisotopic (exact) mass is 558 g/mol. The lowest BCUT2D eigenvalue weighted by molar-refractivity contribution is 1.10. The van der Waals surface area contributed by atoms with E-state index in [1.54, 1.807) is 0 Å². The average Bonchev–Trinajstić information content (AvgIpc) is 3.21. The van der Waals surface area contributed by atoms with Gasteiger partial charge in [0.05, 0.1) is 11.4 Å². The van der Waals surface area contributed by atoms with Gasteiger partial charge < -0.3 is 9.80 Å². The van der Waals surface area contributed by atoms with Crippen LogP contribution in [0, 0.1) is 6.92 Å². The van der Waals surface area contributed by atoms with Crippen LogP contribution in [0.5, 0.6) is 0 Å². The van der Waals surface area contributed by atoms with Crippen molar-refractivity contribution in [3.05, 3.63) is 161 Å². The Balaban J connectivity index is 1.35. The van der Waals surface area contributed by atoms with Crippen molar-refractivity contribution in [2.75, 3.05) is 9.80 Å². The zero-order valence-corrected chi connectivity index (χ0v) is 25.5. The largest absolute Gasteiger partial charge is 0.310 e. The number of hydrogen-bond donors (Lipinski definition) is 0. The van der Waals surface area contributed by atoms with E-state index >= 15 is 0 Å². The third-order valence-corrected chi connectivity index (χ3v) is 8.17. The van der Waals surface area contributed by atoms with Crippen LogP contribution < -0.4 is 9.80 Å². The molecule has 0 unspecified atom stereocenters. The van der Waals surface area contributed by atoms with Crippen molar-refractivity contribution in [1.82, 2.24) is 0 Å². The maximum absolute atomic E-state index is 2.38. The molecule has 5 aromatic carbocycles. The summed E-state index contributed by atoms with van der Waals surface area (Å²) in [5.74, 6) is 0. The molecule has 0 saturated heterocycles. The lowest BCUT2D eigenvalue weighted by atomic mass is 10.0. The van der Waals surface area contributed by atoms with Gasteiger partial charge in [-0.1, -0.05) is 110 Å². The van der Waals surface area contributed by atoms with Crippen molar-refractivity contribution in [3.63, 3.8) is 0 Å². The molecule has 43 heavy (non-hydrogen) atoms. The molecule has 0 aliphatic carbocycles. The first kappa shape index (κ1) is 28.1. The van der Waals surface area contributed by atoms with Gasteiger partial charge in [-0.2, -0.15) is 0 Å². The fourth-order valence-electron chi connectivity index (χ4n) is 6.02. The van der Waals surface area contributed by atoms with E-state index in [9.17, 15) is 0 Å². The van der Waals surface area contributed by atoms with Crippen LogP contribution in [0.1, 0.15) is 43.9 Å². The molecule has 0 bridgehead atoms. The number of anilines is 5. The predicted octanol–water partition coefficient (Wildman–Crippen LogP) is 12.0. The van der Waals surface area contributed by atoms with E-state index in [4.69, 9.17) is 0 Å². The summed E-state index contributed by atoms with van der Waals surface area (Å²) in [6, 6.07) is 43.7. The number of para-hydroxylation sites is 3. The van der Waals surface area contributed by atoms with Crippen molar-refractivity contribution in [2.45, 2.75) is 34.1 Å². The average molecular weight is 559 g/mol. The molecule has 0 fully saturated rings. The van der Waals surface area contributed by atoms with Crippen molar-refractivity contribution >= 4 is 40.6 Å². The Kier molecular flexibility index (Phi) is 8.11. The summed E-state index contributed by atoms with van der Waals surface area (Å²) in [6.45, 7) is 8.70. The summed E-state index contributed by atoms with van der Waals surface area (Å²) in [5, 5.41) is 0. The highest BCUT2D eigenvalue weighted by molar-refractivity contribution is 5.93. The lowest BCUT2D eigenvalue weighted by Crippen LogP contribution is -2.18. The topological polar surface area (TPSA) is 6.48 Å². The number of rotatable bonds is 7. The Labute approximate surface area is 256 Å². The second-order valence-electron chi connectivity index (χ2n) is 11.0. The Morgan fingerprint density at radius 1 is 0.674 bits per heavy atom. The van der Waals surface area contributed by atoms with Gasteiger partial charge in [0, 0.05) is 22.8 Å². The number of hydrogen-bond acceptors (Lipinski definition) is 2. The highest BCUT2D eigenvalue weighted by Crippen LogP contribution is 2.42. The molecule has 1 aliphatic rings. The molecule has 0 atom stereocenters. The fourth-order valence-corrected chi connectivity index (χ4v) is 6.02. The summed E-state index contributed by atoms with van der Waals surface area (Å²) in [5.41, 5.74) is 14.4. The summed E-state index contributed by atoms with van der Waals surface area (Å²) >= 11 is 0. The second kappa shape index (κ2) is 12.4. The molecule has 0 N–H and O–H groups in total. The van der Waals surface area contributed by atoms with Gasteiger partial charge in [0.25, 0.3) is 0 Å². The summed E-state index contributed by atoms with van der Waals surface area (Å²) in [6.07, 6.45) is 9.94. The highest BCUT2D eigenvalue weighted by atomic mass is 15.2. The van der Waals surface area contributed by atoms with Gasteiger partial charge >= 0.3 is 0 Å². The molecule has 212 valence electrons. The van der Waals surface area contributed by atoms with Crippen molar-refractivity contribution in [3.8, 4) is 11.1 Å². The molecule has 2 heteroatoms. The van der Waals surface area contributed by atoms with E-state index in [2.05, 4.69) is 183 Å². The van der Waals surface area contributed by atoms with Crippen molar-refractivity contribution in [1.29, 1.82) is 0 Å². The zero-order chi connectivity index (χ0) is 29.8. The van der Waals surface area contributed by atoms with Crippen molar-refractivity contribution in [2.24, 2.45) is 0 Å². The number of allylic oxidation sites excluding steroid dienone is 3. The first-order chi connectivity index (χ1) is 21.1. The Morgan fingerprint density at radius 3 is 1.77 bits per heavy atom. The molecule has 1 heterocycles. The van der Waals surface area contributed by atoms with Crippen LogP contribution in [-0.4, -0.2) is 0 Å². The summed E-state index contributed by atoms with van der Waals surface area (Å²) < 4.78 is 0. The van der Waals surface area contributed by atoms with Gasteiger partial charge in [-0.05, 0) is 103 Å². The standard InChI is InChI=1S/C41H38N2/c1-5-13-30(3)38(6-2)42(39-17-10-7-14-31(39)4)36-26-22-32(23-27-36)33-24-28-37(29-25-33)43-40-18-11-8-15-34(40)20-21-35-16-9-12-19-41(35)43/h6-29H,5H2,1-4H3/b30-13-,38-6+. The van der Waals surface area contributed by atoms with Crippen LogP contribution in [0.25, 0.3) is 23.3 Å². The molecule has 6 rings (SSSR count). The van der Waals surface area contributed by atoms with E-state index in [1.165, 1.54) is 56.1 Å². The highest BCUT2D eigenvalue weighted by Gasteiger charge is 2.20. The van der Waals surface area contributed by atoms with Gasteiger partial charge in [0.2, 0.25) is 0 Å². The number of fused-ring (bicyclic) bond motifs is 2. The summed E-state index contributed by atoms with van der Waals surface area (Å²) in [7, 11) is 0. The molecular weight excluding hydrogens is 520 g/mol. The molecule has 5 aromatic rings. The van der Waals surface area contributed by atoms with Crippen LogP contribution in [0.15, 0.2) is 145 Å². The van der Waals surface area contributed by atoms with E-state index in [-0.39, 0.29) is 0 Å². The molecule has 0 radical (unpaired) electrons. The molecule has 0 aromatic heterocycles. The molecular formula is C41H38N2. The lowest BCUT2D eigenvalue weighted by Gasteiger charge is -2.30. The molecule has 0 spiro atoms. The van der Waals surface area contributed by atoms with Gasteiger partial charge in [0.15, 0.2) is 0 Å². The SMILES string of the molecule is C/C=C(\C(C)=C/CC)N(c1ccc(-c2ccc(N3c4ccccc4C=Cc4ccccc43)cc2)cc1)c1ccccc1C.